The van der Waals surface area contributed by atoms with Crippen LogP contribution >= 0.6 is 11.6 Å². The second-order valence-corrected chi connectivity index (χ2v) is 10.3. The molecular weight excluding hydrogens is 544 g/mol. The van der Waals surface area contributed by atoms with Crippen LogP contribution in [-0.2, 0) is 14.8 Å². The second-order valence-electron chi connectivity index (χ2n) is 8.08. The van der Waals surface area contributed by atoms with Crippen molar-refractivity contribution in [2.45, 2.75) is 4.90 Å². The molecule has 0 saturated carbocycles. The van der Waals surface area contributed by atoms with E-state index in [9.17, 15) is 13.2 Å². The maximum Gasteiger partial charge on any atom is 0.264 e. The van der Waals surface area contributed by atoms with E-state index in [2.05, 4.69) is 15.5 Å². The van der Waals surface area contributed by atoms with Crippen molar-refractivity contribution in [1.29, 1.82) is 0 Å². The molecule has 0 atom stereocenters. The molecule has 0 fully saturated rings. The fourth-order valence-corrected chi connectivity index (χ4v) is 5.33. The number of pyridine rings is 1. The highest BCUT2D eigenvalue weighted by atomic mass is 35.5. The maximum absolute atomic E-state index is 13.6. The summed E-state index contributed by atoms with van der Waals surface area (Å²) >= 11 is 6.29. The van der Waals surface area contributed by atoms with E-state index in [1.807, 2.05) is 6.07 Å². The number of fused-ring (bicyclic) bond motifs is 1. The minimum Gasteiger partial charge on any atom is -0.497 e. The maximum atomic E-state index is 13.6. The largest absolute Gasteiger partial charge is 0.497 e. The van der Waals surface area contributed by atoms with Crippen LogP contribution in [0.1, 0.15) is 5.56 Å². The first-order valence-corrected chi connectivity index (χ1v) is 13.3. The molecule has 4 aromatic rings. The van der Waals surface area contributed by atoms with Gasteiger partial charge in [-0.15, -0.1) is 0 Å². The minimum atomic E-state index is -4.18. The Balaban J connectivity index is 1.58. The molecule has 0 bridgehead atoms. The number of aromatic nitrogens is 1. The van der Waals surface area contributed by atoms with Gasteiger partial charge in [0.2, 0.25) is 0 Å². The quantitative estimate of drug-likeness (QED) is 0.172. The number of methoxy groups -OCH3 is 3. The predicted octanol–water partition coefficient (Wildman–Crippen LogP) is 4.26. The molecule has 0 aliphatic rings. The molecule has 202 valence electrons. The molecule has 1 amide bonds. The Hall–Kier alpha value is -4.35. The smallest absolute Gasteiger partial charge is 0.264 e. The van der Waals surface area contributed by atoms with Crippen LogP contribution < -0.4 is 23.9 Å². The Bertz CT molecular complexity index is 1630. The lowest BCUT2D eigenvalue weighted by Crippen LogP contribution is -2.39. The van der Waals surface area contributed by atoms with E-state index in [-0.39, 0.29) is 21.5 Å². The Morgan fingerprint density at radius 2 is 1.67 bits per heavy atom. The topological polar surface area (TPSA) is 119 Å². The lowest BCUT2D eigenvalue weighted by Gasteiger charge is -2.25. The number of para-hydroxylation sites is 2. The zero-order valence-corrected chi connectivity index (χ0v) is 22.9. The molecule has 0 saturated heterocycles. The van der Waals surface area contributed by atoms with Crippen molar-refractivity contribution in [3.05, 3.63) is 83.5 Å². The Labute approximate surface area is 230 Å². The summed E-state index contributed by atoms with van der Waals surface area (Å²) in [6.07, 6.45) is 1.34. The number of nitrogens with zero attached hydrogens (tertiary/aromatic N) is 3. The highest BCUT2D eigenvalue weighted by Gasteiger charge is 2.29. The number of hydrogen-bond donors (Lipinski definition) is 1. The van der Waals surface area contributed by atoms with E-state index in [1.165, 1.54) is 44.7 Å². The van der Waals surface area contributed by atoms with Gasteiger partial charge in [-0.05, 0) is 54.6 Å². The van der Waals surface area contributed by atoms with Crippen LogP contribution in [0.2, 0.25) is 5.15 Å². The van der Waals surface area contributed by atoms with Crippen molar-refractivity contribution in [3.63, 3.8) is 0 Å². The zero-order chi connectivity index (χ0) is 28.0. The van der Waals surface area contributed by atoms with Crippen LogP contribution in [0.25, 0.3) is 10.9 Å². The van der Waals surface area contributed by atoms with Crippen molar-refractivity contribution in [3.8, 4) is 17.2 Å². The van der Waals surface area contributed by atoms with Crippen molar-refractivity contribution in [2.75, 3.05) is 32.2 Å². The Kier molecular flexibility index (Phi) is 8.52. The molecule has 3 aromatic carbocycles. The van der Waals surface area contributed by atoms with Crippen molar-refractivity contribution < 1.29 is 27.4 Å². The van der Waals surface area contributed by atoms with Gasteiger partial charge < -0.3 is 14.2 Å². The minimum absolute atomic E-state index is 0.0313. The molecule has 0 aliphatic carbocycles. The van der Waals surface area contributed by atoms with Gasteiger partial charge in [0.05, 0.1) is 43.6 Å². The fourth-order valence-electron chi connectivity index (χ4n) is 3.71. The normalized spacial score (nSPS) is 11.4. The van der Waals surface area contributed by atoms with Gasteiger partial charge >= 0.3 is 0 Å². The number of anilines is 1. The molecule has 12 heteroatoms. The van der Waals surface area contributed by atoms with Crippen LogP contribution in [0.15, 0.2) is 82.8 Å². The van der Waals surface area contributed by atoms with E-state index in [4.69, 9.17) is 25.8 Å². The summed E-state index contributed by atoms with van der Waals surface area (Å²) in [6.45, 7) is -0.574. The number of amides is 1. The van der Waals surface area contributed by atoms with Crippen LogP contribution in [0.5, 0.6) is 17.2 Å². The number of nitrogens with one attached hydrogen (secondary N) is 1. The van der Waals surface area contributed by atoms with E-state index in [0.29, 0.717) is 22.6 Å². The number of hydrogen-bond acceptors (Lipinski definition) is 8. The van der Waals surface area contributed by atoms with E-state index in [0.717, 1.165) is 9.69 Å². The van der Waals surface area contributed by atoms with Crippen LogP contribution in [0.4, 0.5) is 5.69 Å². The third kappa shape index (κ3) is 6.21. The van der Waals surface area contributed by atoms with Gasteiger partial charge in [-0.3, -0.25) is 9.10 Å². The fraction of sp³-hybridized carbons (Fsp3) is 0.148. The van der Waals surface area contributed by atoms with E-state index < -0.39 is 22.5 Å². The molecule has 1 aromatic heterocycles. The zero-order valence-electron chi connectivity index (χ0n) is 21.3. The highest BCUT2D eigenvalue weighted by molar-refractivity contribution is 7.92. The van der Waals surface area contributed by atoms with Gasteiger partial charge in [0, 0.05) is 17.0 Å². The molecule has 0 radical (unpaired) electrons. The first-order chi connectivity index (χ1) is 18.8. The number of ether oxygens (including phenoxy) is 3. The van der Waals surface area contributed by atoms with Gasteiger partial charge in [0.15, 0.2) is 0 Å². The highest BCUT2D eigenvalue weighted by Crippen LogP contribution is 2.32. The van der Waals surface area contributed by atoms with Gasteiger partial charge in [-0.2, -0.15) is 5.10 Å². The summed E-state index contributed by atoms with van der Waals surface area (Å²) in [5.74, 6) is 0.718. The Morgan fingerprint density at radius 1 is 0.974 bits per heavy atom. The molecule has 0 unspecified atom stereocenters. The molecule has 0 aliphatic heterocycles. The summed E-state index contributed by atoms with van der Waals surface area (Å²) in [5, 5.41) is 4.93. The van der Waals surface area contributed by atoms with Gasteiger partial charge in [-0.25, -0.2) is 18.8 Å². The first kappa shape index (κ1) is 27.7. The lowest BCUT2D eigenvalue weighted by atomic mass is 10.1. The van der Waals surface area contributed by atoms with Crippen LogP contribution in [-0.4, -0.2) is 53.4 Å². The van der Waals surface area contributed by atoms with Gasteiger partial charge in [0.1, 0.15) is 28.9 Å². The van der Waals surface area contributed by atoms with Crippen molar-refractivity contribution in [2.24, 2.45) is 5.10 Å². The summed E-state index contributed by atoms with van der Waals surface area (Å²) in [6, 6.07) is 19.5. The SMILES string of the molecule is COc1ccc(S(=O)(=O)N(CC(=O)N/N=C\c2cc3ccc(OC)cc3nc2Cl)c2ccccc2OC)cc1. The average Bonchev–Trinajstić information content (AvgIpc) is 2.95. The number of hydrazone groups is 1. The number of rotatable bonds is 10. The molecule has 4 rings (SSSR count). The summed E-state index contributed by atoms with van der Waals surface area (Å²) in [7, 11) is 0.278. The van der Waals surface area contributed by atoms with Crippen LogP contribution in [0, 0.1) is 0 Å². The van der Waals surface area contributed by atoms with Gasteiger partial charge in [-0.1, -0.05) is 23.7 Å². The number of halogens is 1. The third-order valence-corrected chi connectivity index (χ3v) is 7.76. The van der Waals surface area contributed by atoms with E-state index in [1.54, 1.807) is 49.6 Å². The summed E-state index contributed by atoms with van der Waals surface area (Å²) < 4.78 is 43.9. The van der Waals surface area contributed by atoms with Crippen molar-refractivity contribution >= 4 is 50.3 Å². The molecule has 39 heavy (non-hydrogen) atoms. The number of sulfonamides is 1. The summed E-state index contributed by atoms with van der Waals surface area (Å²) in [4.78, 5) is 17.2. The molecule has 0 spiro atoms. The van der Waals surface area contributed by atoms with Crippen LogP contribution in [0.3, 0.4) is 0 Å². The molecule has 10 nitrogen and oxygen atoms in total. The number of carbonyl (C=O) groups is 1. The first-order valence-electron chi connectivity index (χ1n) is 11.5. The summed E-state index contributed by atoms with van der Waals surface area (Å²) in [5.41, 5.74) is 3.64. The second kappa shape index (κ2) is 12.0. The molecular formula is C27H25ClN4O6S. The molecule has 1 heterocycles. The standard InChI is InChI=1S/C27H25ClN4O6S/c1-36-20-10-12-22(13-11-20)39(34,35)32(24-6-4-5-7-25(24)38-3)17-26(33)31-29-16-19-14-18-8-9-21(37-2)15-23(18)30-27(19)28/h4-16H,17H2,1-3H3,(H,31,33)/b29-16-. The van der Waals surface area contributed by atoms with E-state index >= 15 is 0 Å². The number of carbonyl (C=O) groups excluding carboxylic acids is 1. The molecule has 1 N–H and O–H groups in total. The van der Waals surface area contributed by atoms with Gasteiger partial charge in [0.25, 0.3) is 15.9 Å². The monoisotopic (exact) mass is 568 g/mol. The third-order valence-electron chi connectivity index (χ3n) is 5.69. The lowest BCUT2D eigenvalue weighted by molar-refractivity contribution is -0.119. The predicted molar refractivity (Wildman–Crippen MR) is 150 cm³/mol. The number of benzene rings is 3. The average molecular weight is 569 g/mol. The Morgan fingerprint density at radius 3 is 2.36 bits per heavy atom. The van der Waals surface area contributed by atoms with Crippen molar-refractivity contribution in [1.82, 2.24) is 10.4 Å².